The van der Waals surface area contributed by atoms with Crippen LogP contribution in [0.1, 0.15) is 58.2 Å². The molecule has 10 heteroatoms. The zero-order valence-corrected chi connectivity index (χ0v) is 18.4. The maximum absolute atomic E-state index is 12.0. The number of hydrogen-bond acceptors (Lipinski definition) is 4. The van der Waals surface area contributed by atoms with E-state index in [0.717, 1.165) is 17.7 Å². The van der Waals surface area contributed by atoms with Crippen molar-refractivity contribution in [2.24, 2.45) is 5.92 Å². The lowest BCUT2D eigenvalue weighted by Crippen LogP contribution is -2.34. The molecule has 1 fully saturated rings. The zero-order chi connectivity index (χ0) is 23.6. The molecule has 0 spiro atoms. The van der Waals surface area contributed by atoms with Crippen LogP contribution in [0.4, 0.5) is 13.2 Å². The van der Waals surface area contributed by atoms with Crippen LogP contribution in [0.2, 0.25) is 0 Å². The van der Waals surface area contributed by atoms with Gasteiger partial charge in [-0.15, -0.1) is 0 Å². The number of nitriles is 1. The van der Waals surface area contributed by atoms with Crippen LogP contribution >= 0.6 is 0 Å². The molecule has 0 radical (unpaired) electrons. The van der Waals surface area contributed by atoms with E-state index >= 15 is 0 Å². The number of nitrogens with one attached hydrogen (secondary N) is 3. The fourth-order valence-corrected chi connectivity index (χ4v) is 3.54. The standard InChI is InChI=1S/C12H10F3N5O.C8H13N.C2H6/c13-12(14,15)5-18-9(21)3-8-19-7-4-17-11-6(1-2-16-11)10(7)20-8;9-7-6-8-4-2-1-3-5-8;1-2/h1-2,4H,3,5H2,(H,16,17)(H,18,21)(H,19,20);8H,1-6H2;1-2H3. The third-order valence-electron chi connectivity index (χ3n) is 5.00. The van der Waals surface area contributed by atoms with Crippen LogP contribution in [0, 0.1) is 17.2 Å². The van der Waals surface area contributed by atoms with Gasteiger partial charge in [0.15, 0.2) is 0 Å². The lowest BCUT2D eigenvalue weighted by atomic mass is 9.87. The molecular weight excluding hydrogens is 421 g/mol. The fraction of sp³-hybridized carbons (Fsp3) is 0.545. The number of aromatic nitrogens is 4. The number of hydrogen-bond donors (Lipinski definition) is 3. The van der Waals surface area contributed by atoms with Gasteiger partial charge in [-0.2, -0.15) is 18.4 Å². The number of H-pyrrole nitrogens is 2. The predicted octanol–water partition coefficient (Wildman–Crippen LogP) is 5.17. The molecule has 0 saturated heterocycles. The van der Waals surface area contributed by atoms with E-state index in [1.54, 1.807) is 23.8 Å². The summed E-state index contributed by atoms with van der Waals surface area (Å²) in [5.41, 5.74) is 1.91. The Morgan fingerprint density at radius 2 is 2.00 bits per heavy atom. The number of carbonyl (C=O) groups is 1. The highest BCUT2D eigenvalue weighted by atomic mass is 19.4. The van der Waals surface area contributed by atoms with E-state index in [4.69, 9.17) is 5.26 Å². The van der Waals surface area contributed by atoms with Crippen molar-refractivity contribution < 1.29 is 18.0 Å². The summed E-state index contributed by atoms with van der Waals surface area (Å²) in [7, 11) is 0. The number of halogens is 3. The van der Waals surface area contributed by atoms with Gasteiger partial charge in [-0.25, -0.2) is 9.97 Å². The summed E-state index contributed by atoms with van der Waals surface area (Å²) < 4.78 is 36.0. The molecule has 3 N–H and O–H groups in total. The van der Waals surface area contributed by atoms with Gasteiger partial charge in [0.05, 0.1) is 24.2 Å². The van der Waals surface area contributed by atoms with Crippen molar-refractivity contribution in [2.75, 3.05) is 6.54 Å². The van der Waals surface area contributed by atoms with Crippen molar-refractivity contribution in [3.05, 3.63) is 24.3 Å². The first-order valence-electron chi connectivity index (χ1n) is 10.9. The summed E-state index contributed by atoms with van der Waals surface area (Å²) in [6.07, 6.45) is 6.07. The first-order chi connectivity index (χ1) is 15.4. The highest BCUT2D eigenvalue weighted by molar-refractivity contribution is 6.00. The van der Waals surface area contributed by atoms with Crippen LogP contribution in [-0.2, 0) is 11.2 Å². The number of fused-ring (bicyclic) bond motifs is 3. The first kappa shape index (κ1) is 25.2. The first-order valence-corrected chi connectivity index (χ1v) is 10.9. The molecular formula is C22H29F3N6O. The second-order valence-corrected chi connectivity index (χ2v) is 7.38. The lowest BCUT2D eigenvalue weighted by molar-refractivity contribution is -0.138. The molecule has 0 bridgehead atoms. The smallest absolute Gasteiger partial charge is 0.347 e. The van der Waals surface area contributed by atoms with Gasteiger partial charge < -0.3 is 15.3 Å². The number of imidazole rings is 1. The summed E-state index contributed by atoms with van der Waals surface area (Å²) in [5, 5.41) is 11.0. The van der Waals surface area contributed by atoms with Gasteiger partial charge >= 0.3 is 6.18 Å². The predicted molar refractivity (Wildman–Crippen MR) is 117 cm³/mol. The molecule has 32 heavy (non-hydrogen) atoms. The van der Waals surface area contributed by atoms with E-state index in [1.807, 2.05) is 13.8 Å². The van der Waals surface area contributed by atoms with Crippen LogP contribution in [-0.4, -0.2) is 38.6 Å². The molecule has 1 amide bonds. The summed E-state index contributed by atoms with van der Waals surface area (Å²) in [6, 6.07) is 4.03. The average Bonchev–Trinajstić information content (AvgIpc) is 3.41. The van der Waals surface area contributed by atoms with Crippen molar-refractivity contribution in [1.82, 2.24) is 25.3 Å². The number of alkyl halides is 3. The Hall–Kier alpha value is -3.09. The molecule has 0 unspecified atom stereocenters. The van der Waals surface area contributed by atoms with Gasteiger partial charge in [0.1, 0.15) is 23.5 Å². The van der Waals surface area contributed by atoms with Crippen LogP contribution < -0.4 is 5.32 Å². The van der Waals surface area contributed by atoms with E-state index in [-0.39, 0.29) is 6.42 Å². The molecule has 1 aliphatic carbocycles. The van der Waals surface area contributed by atoms with Gasteiger partial charge in [0, 0.05) is 18.0 Å². The van der Waals surface area contributed by atoms with Gasteiger partial charge in [-0.3, -0.25) is 4.79 Å². The third-order valence-corrected chi connectivity index (χ3v) is 5.00. The van der Waals surface area contributed by atoms with E-state index in [2.05, 4.69) is 26.0 Å². The third kappa shape index (κ3) is 7.55. The van der Waals surface area contributed by atoms with Gasteiger partial charge in [-0.1, -0.05) is 33.1 Å². The number of aromatic amines is 2. The summed E-state index contributed by atoms with van der Waals surface area (Å²) in [4.78, 5) is 25.7. The average molecular weight is 451 g/mol. The molecule has 1 saturated carbocycles. The molecule has 0 aromatic carbocycles. The molecule has 1 aliphatic rings. The van der Waals surface area contributed by atoms with Crippen LogP contribution in [0.15, 0.2) is 18.5 Å². The Morgan fingerprint density at radius 1 is 1.28 bits per heavy atom. The minimum atomic E-state index is -4.43. The Kier molecular flexibility index (Phi) is 9.50. The zero-order valence-electron chi connectivity index (χ0n) is 18.4. The number of nitrogens with zero attached hydrogens (tertiary/aromatic N) is 3. The fourth-order valence-electron chi connectivity index (χ4n) is 3.54. The number of carbonyl (C=O) groups excluding carboxylic acids is 1. The second-order valence-electron chi connectivity index (χ2n) is 7.38. The molecule has 174 valence electrons. The molecule has 3 aromatic rings. The monoisotopic (exact) mass is 450 g/mol. The largest absolute Gasteiger partial charge is 0.405 e. The van der Waals surface area contributed by atoms with Crippen LogP contribution in [0.25, 0.3) is 22.1 Å². The number of amides is 1. The van der Waals surface area contributed by atoms with Gasteiger partial charge in [0.25, 0.3) is 0 Å². The minimum Gasteiger partial charge on any atom is -0.347 e. The topological polar surface area (TPSA) is 110 Å². The van der Waals surface area contributed by atoms with Crippen molar-refractivity contribution in [1.29, 1.82) is 5.26 Å². The van der Waals surface area contributed by atoms with Gasteiger partial charge in [-0.05, 0) is 24.8 Å². The van der Waals surface area contributed by atoms with Crippen molar-refractivity contribution in [3.63, 3.8) is 0 Å². The lowest BCUT2D eigenvalue weighted by Gasteiger charge is -2.17. The Bertz CT molecular complexity index is 1030. The summed E-state index contributed by atoms with van der Waals surface area (Å²) in [6.45, 7) is 2.65. The van der Waals surface area contributed by atoms with Crippen LogP contribution in [0.3, 0.4) is 0 Å². The van der Waals surface area contributed by atoms with E-state index in [0.29, 0.717) is 22.5 Å². The number of pyridine rings is 1. The molecule has 3 aromatic heterocycles. The maximum atomic E-state index is 12.0. The Morgan fingerprint density at radius 3 is 2.66 bits per heavy atom. The number of rotatable bonds is 4. The van der Waals surface area contributed by atoms with Crippen LogP contribution in [0.5, 0.6) is 0 Å². The molecule has 0 aliphatic heterocycles. The Labute approximate surface area is 184 Å². The summed E-state index contributed by atoms with van der Waals surface area (Å²) >= 11 is 0. The normalized spacial score (nSPS) is 14.1. The molecule has 0 atom stereocenters. The SMILES string of the molecule is CC.N#CCC1CCCCC1.O=C(Cc1nc2c(cnc3[nH]ccc32)[nH]1)NCC(F)(F)F. The molecule has 3 heterocycles. The van der Waals surface area contributed by atoms with E-state index in [9.17, 15) is 18.0 Å². The van der Waals surface area contributed by atoms with E-state index < -0.39 is 18.6 Å². The van der Waals surface area contributed by atoms with E-state index in [1.165, 1.54) is 32.1 Å². The quantitative estimate of drug-likeness (QED) is 0.509. The van der Waals surface area contributed by atoms with Crippen molar-refractivity contribution in [3.8, 4) is 6.07 Å². The van der Waals surface area contributed by atoms with Gasteiger partial charge in [0.2, 0.25) is 5.91 Å². The van der Waals surface area contributed by atoms with Crippen molar-refractivity contribution in [2.45, 2.75) is 65.0 Å². The molecule has 4 rings (SSSR count). The maximum Gasteiger partial charge on any atom is 0.405 e. The Balaban J connectivity index is 0.000000277. The summed E-state index contributed by atoms with van der Waals surface area (Å²) in [5.74, 6) is 0.286. The second kappa shape index (κ2) is 12.1. The molecule has 7 nitrogen and oxygen atoms in total. The minimum absolute atomic E-state index is 0.253. The highest BCUT2D eigenvalue weighted by Gasteiger charge is 2.27. The van der Waals surface area contributed by atoms with Crippen molar-refractivity contribution >= 4 is 28.0 Å². The highest BCUT2D eigenvalue weighted by Crippen LogP contribution is 2.25.